The van der Waals surface area contributed by atoms with Crippen molar-refractivity contribution in [3.63, 3.8) is 0 Å². The molecule has 14 heavy (non-hydrogen) atoms. The van der Waals surface area contributed by atoms with Crippen molar-refractivity contribution in [3.8, 4) is 0 Å². The van der Waals surface area contributed by atoms with Gasteiger partial charge >= 0.3 is 0 Å². The van der Waals surface area contributed by atoms with E-state index in [1.54, 1.807) is 11.7 Å². The van der Waals surface area contributed by atoms with Gasteiger partial charge in [-0.25, -0.2) is 0 Å². The Labute approximate surface area is 88.0 Å². The van der Waals surface area contributed by atoms with Gasteiger partial charge in [-0.2, -0.15) is 0 Å². The first-order valence-electron chi connectivity index (χ1n) is 4.33. The first-order valence-corrected chi connectivity index (χ1v) is 5.21. The van der Waals surface area contributed by atoms with Crippen molar-refractivity contribution in [2.45, 2.75) is 19.8 Å². The average molecular weight is 210 g/mol. The maximum absolute atomic E-state index is 5.24. The molecule has 0 atom stereocenters. The predicted molar refractivity (Wildman–Crippen MR) is 60.5 cm³/mol. The highest BCUT2D eigenvalue weighted by atomic mass is 32.2. The van der Waals surface area contributed by atoms with Crippen molar-refractivity contribution in [2.75, 3.05) is 0 Å². The molecule has 2 N–H and O–H groups in total. The molecule has 76 valence electrons. The van der Waals surface area contributed by atoms with E-state index in [0.29, 0.717) is 5.92 Å². The molecule has 0 aliphatic rings. The normalized spacial score (nSPS) is 11.4. The number of hydrogen-bond acceptors (Lipinski definition) is 4. The number of rotatable bonds is 4. The maximum Gasteiger partial charge on any atom is 0.127 e. The van der Waals surface area contributed by atoms with Gasteiger partial charge in [-0.1, -0.05) is 37.3 Å². The van der Waals surface area contributed by atoms with Crippen molar-refractivity contribution in [1.82, 2.24) is 5.16 Å². The van der Waals surface area contributed by atoms with Crippen LogP contribution in [0.1, 0.15) is 31.0 Å². The van der Waals surface area contributed by atoms with Crippen LogP contribution in [0.2, 0.25) is 0 Å². The first kappa shape index (κ1) is 10.9. The largest absolute Gasteiger partial charge is 0.404 e. The van der Waals surface area contributed by atoms with Gasteiger partial charge in [-0.15, -0.1) is 0 Å². The van der Waals surface area contributed by atoms with E-state index in [2.05, 4.69) is 25.6 Å². The molecule has 0 radical (unpaired) electrons. The van der Waals surface area contributed by atoms with Crippen molar-refractivity contribution in [1.29, 1.82) is 0 Å². The van der Waals surface area contributed by atoms with E-state index in [-0.39, 0.29) is 0 Å². The fourth-order valence-electron chi connectivity index (χ4n) is 1.04. The van der Waals surface area contributed by atoms with Crippen molar-refractivity contribution >= 4 is 16.7 Å². The standard InChI is InChI=1S/C10H14N2OS/c1-7(2)9-6-13-12-10(9)8(3)14-5-4-11/h4-7H,3,11H2,1-2H3/b5-4-. The SMILES string of the molecule is C=C(S/C=C\N)c1nocc1C(C)C. The van der Waals surface area contributed by atoms with Crippen molar-refractivity contribution in [3.05, 3.63) is 35.7 Å². The molecule has 0 amide bonds. The fourth-order valence-corrected chi connectivity index (χ4v) is 1.55. The Morgan fingerprint density at radius 2 is 2.43 bits per heavy atom. The number of thioether (sulfide) groups is 1. The molecule has 0 aliphatic carbocycles. The summed E-state index contributed by atoms with van der Waals surface area (Å²) in [4.78, 5) is 0.851. The number of nitrogens with zero attached hydrogens (tertiary/aromatic N) is 1. The lowest BCUT2D eigenvalue weighted by molar-refractivity contribution is 0.417. The molecule has 1 aromatic rings. The van der Waals surface area contributed by atoms with Crippen LogP contribution in [0.25, 0.3) is 4.91 Å². The zero-order valence-corrected chi connectivity index (χ0v) is 9.17. The van der Waals surface area contributed by atoms with Crippen LogP contribution in [0.4, 0.5) is 0 Å². The lowest BCUT2D eigenvalue weighted by atomic mass is 10.0. The highest BCUT2D eigenvalue weighted by Crippen LogP contribution is 2.31. The molecule has 0 aliphatic heterocycles. The second-order valence-electron chi connectivity index (χ2n) is 3.14. The minimum atomic E-state index is 0.385. The zero-order valence-electron chi connectivity index (χ0n) is 8.36. The number of hydrogen-bond donors (Lipinski definition) is 1. The Kier molecular flexibility index (Phi) is 3.83. The third kappa shape index (κ3) is 2.42. The molecule has 0 saturated heterocycles. The van der Waals surface area contributed by atoms with E-state index in [9.17, 15) is 0 Å². The van der Waals surface area contributed by atoms with E-state index in [0.717, 1.165) is 16.2 Å². The minimum absolute atomic E-state index is 0.385. The van der Waals surface area contributed by atoms with E-state index < -0.39 is 0 Å². The Balaban J connectivity index is 2.84. The third-order valence-corrected chi connectivity index (χ3v) is 2.54. The topological polar surface area (TPSA) is 52.0 Å². The molecule has 0 bridgehead atoms. The van der Waals surface area contributed by atoms with E-state index in [1.807, 2.05) is 0 Å². The van der Waals surface area contributed by atoms with Gasteiger partial charge in [-0.05, 0) is 11.3 Å². The lowest BCUT2D eigenvalue weighted by Crippen LogP contribution is -1.90. The van der Waals surface area contributed by atoms with E-state index in [4.69, 9.17) is 10.3 Å². The molecular weight excluding hydrogens is 196 g/mol. The van der Waals surface area contributed by atoms with Crippen LogP contribution < -0.4 is 5.73 Å². The van der Waals surface area contributed by atoms with Crippen molar-refractivity contribution < 1.29 is 4.52 Å². The van der Waals surface area contributed by atoms with Crippen LogP contribution in [0, 0.1) is 0 Å². The van der Waals surface area contributed by atoms with Gasteiger partial charge < -0.3 is 10.3 Å². The Morgan fingerprint density at radius 3 is 3.00 bits per heavy atom. The minimum Gasteiger partial charge on any atom is -0.404 e. The molecule has 0 saturated carbocycles. The van der Waals surface area contributed by atoms with Crippen LogP contribution in [0.15, 0.2) is 29.0 Å². The van der Waals surface area contributed by atoms with E-state index >= 15 is 0 Å². The highest BCUT2D eigenvalue weighted by Gasteiger charge is 2.13. The summed E-state index contributed by atoms with van der Waals surface area (Å²) in [7, 11) is 0. The van der Waals surface area contributed by atoms with Gasteiger partial charge in [0, 0.05) is 16.7 Å². The highest BCUT2D eigenvalue weighted by molar-refractivity contribution is 8.10. The second-order valence-corrected chi connectivity index (χ2v) is 4.14. The van der Waals surface area contributed by atoms with Gasteiger partial charge in [0.05, 0.1) is 0 Å². The van der Waals surface area contributed by atoms with Crippen molar-refractivity contribution in [2.24, 2.45) is 5.73 Å². The van der Waals surface area contributed by atoms with Gasteiger partial charge in [0.15, 0.2) is 0 Å². The summed E-state index contributed by atoms with van der Waals surface area (Å²) >= 11 is 1.44. The smallest absolute Gasteiger partial charge is 0.127 e. The van der Waals surface area contributed by atoms with E-state index in [1.165, 1.54) is 18.0 Å². The lowest BCUT2D eigenvalue weighted by Gasteiger charge is -2.03. The Hall–Kier alpha value is -1.16. The Morgan fingerprint density at radius 1 is 1.71 bits per heavy atom. The summed E-state index contributed by atoms with van der Waals surface area (Å²) in [6.07, 6.45) is 3.14. The summed E-state index contributed by atoms with van der Waals surface area (Å²) in [6, 6.07) is 0. The fraction of sp³-hybridized carbons (Fsp3) is 0.300. The average Bonchev–Trinajstić information content (AvgIpc) is 2.62. The summed E-state index contributed by atoms with van der Waals surface area (Å²) in [5.41, 5.74) is 7.14. The number of aromatic nitrogens is 1. The molecular formula is C10H14N2OS. The second kappa shape index (κ2) is 4.91. The number of nitrogens with two attached hydrogens (primary N) is 1. The van der Waals surface area contributed by atoms with Gasteiger partial charge in [0.2, 0.25) is 0 Å². The summed E-state index contributed by atoms with van der Waals surface area (Å²) in [5.74, 6) is 0.385. The molecule has 0 spiro atoms. The summed E-state index contributed by atoms with van der Waals surface area (Å²) in [6.45, 7) is 8.09. The monoisotopic (exact) mass is 210 g/mol. The molecule has 0 aromatic carbocycles. The van der Waals surface area contributed by atoms with Gasteiger partial charge in [-0.3, -0.25) is 0 Å². The van der Waals surface area contributed by atoms with Crippen LogP contribution >= 0.6 is 11.8 Å². The summed E-state index contributed by atoms with van der Waals surface area (Å²) < 4.78 is 4.93. The predicted octanol–water partition coefficient (Wildman–Crippen LogP) is 2.93. The molecule has 3 nitrogen and oxygen atoms in total. The maximum atomic E-state index is 5.24. The summed E-state index contributed by atoms with van der Waals surface area (Å²) in [5, 5.41) is 5.69. The molecule has 4 heteroatoms. The van der Waals surface area contributed by atoms with Gasteiger partial charge in [0.25, 0.3) is 0 Å². The van der Waals surface area contributed by atoms with Gasteiger partial charge in [0.1, 0.15) is 12.0 Å². The molecule has 1 heterocycles. The molecule has 1 aromatic heterocycles. The quantitative estimate of drug-likeness (QED) is 0.830. The first-order chi connectivity index (χ1) is 6.66. The van der Waals surface area contributed by atoms with Crippen LogP contribution in [-0.2, 0) is 0 Å². The third-order valence-electron chi connectivity index (χ3n) is 1.77. The molecule has 0 fully saturated rings. The molecule has 0 unspecified atom stereocenters. The van der Waals surface area contributed by atoms with Crippen LogP contribution in [0.3, 0.4) is 0 Å². The molecule has 1 rings (SSSR count). The van der Waals surface area contributed by atoms with Crippen LogP contribution in [-0.4, -0.2) is 5.16 Å². The van der Waals surface area contributed by atoms with Crippen LogP contribution in [0.5, 0.6) is 0 Å². The zero-order chi connectivity index (χ0) is 10.6. The Bertz CT molecular complexity index is 342.